The van der Waals surface area contributed by atoms with Crippen molar-refractivity contribution in [1.29, 1.82) is 0 Å². The number of hydrogen-bond donors (Lipinski definition) is 0. The Hall–Kier alpha value is -0.760. The molecule has 0 saturated carbocycles. The van der Waals surface area contributed by atoms with Crippen molar-refractivity contribution in [2.24, 2.45) is 15.2 Å². The zero-order valence-electron chi connectivity index (χ0n) is 18.4. The van der Waals surface area contributed by atoms with Crippen LogP contribution in [-0.2, 0) is 0 Å². The van der Waals surface area contributed by atoms with E-state index in [1.54, 1.807) is 11.4 Å². The van der Waals surface area contributed by atoms with Crippen LogP contribution >= 0.6 is 29.4 Å². The van der Waals surface area contributed by atoms with Crippen molar-refractivity contribution >= 4 is 34.6 Å². The third-order valence-corrected chi connectivity index (χ3v) is 15.0. The van der Waals surface area contributed by atoms with Crippen molar-refractivity contribution in [3.05, 3.63) is 29.3 Å². The summed E-state index contributed by atoms with van der Waals surface area (Å²) in [7, 11) is 0. The second-order valence-corrected chi connectivity index (χ2v) is 13.6. The zero-order chi connectivity index (χ0) is 21.5. The van der Waals surface area contributed by atoms with Crippen LogP contribution in [0.4, 0.5) is 0 Å². The van der Waals surface area contributed by atoms with E-state index in [9.17, 15) is 0 Å². The summed E-state index contributed by atoms with van der Waals surface area (Å²) in [5.74, 6) is 0.688. The van der Waals surface area contributed by atoms with E-state index in [4.69, 9.17) is 21.2 Å². The van der Waals surface area contributed by atoms with Crippen LogP contribution in [0.15, 0.2) is 39.5 Å². The number of halogens is 1. The van der Waals surface area contributed by atoms with E-state index in [0.29, 0.717) is 16.0 Å². The molecule has 0 aromatic heterocycles. The molecular formula is C19H34ClN6OPS. The van der Waals surface area contributed by atoms with Crippen molar-refractivity contribution in [1.82, 2.24) is 14.0 Å². The normalized spacial score (nSPS) is 19.2. The molecule has 29 heavy (non-hydrogen) atoms. The molecule has 10 heteroatoms. The standard InChI is InChI=1S/C19H34ClN6OPS/c1-7-24(8-2)28(25(9-3)10-4,26(11-5)12-6)23-22-21-19(29-28)27-18-15-13-17(20)14-16-18/h13-16H,7-12H2,1-6H3. The van der Waals surface area contributed by atoms with Gasteiger partial charge >= 0.3 is 184 Å². The fourth-order valence-electron chi connectivity index (χ4n) is 3.98. The monoisotopic (exact) mass is 460 g/mol. The first-order valence-electron chi connectivity index (χ1n) is 10.4. The number of hydrogen-bond acceptors (Lipinski definition) is 8. The van der Waals surface area contributed by atoms with E-state index < -0.39 is 6.41 Å². The van der Waals surface area contributed by atoms with Crippen LogP contribution in [0.3, 0.4) is 0 Å². The van der Waals surface area contributed by atoms with Gasteiger partial charge < -0.3 is 0 Å². The van der Waals surface area contributed by atoms with E-state index >= 15 is 0 Å². The third kappa shape index (κ3) is 4.34. The maximum absolute atomic E-state index is 6.16. The third-order valence-electron chi connectivity index (χ3n) is 5.26. The number of benzene rings is 1. The Morgan fingerprint density at radius 1 is 0.828 bits per heavy atom. The molecule has 1 aliphatic rings. The number of ether oxygens (including phenoxy) is 1. The second kappa shape index (κ2) is 10.5. The van der Waals surface area contributed by atoms with Gasteiger partial charge in [-0.25, -0.2) is 0 Å². The molecule has 1 aromatic carbocycles. The topological polar surface area (TPSA) is 56.0 Å². The van der Waals surface area contributed by atoms with Crippen LogP contribution in [0.5, 0.6) is 5.75 Å². The van der Waals surface area contributed by atoms with Crippen molar-refractivity contribution in [3.8, 4) is 5.75 Å². The van der Waals surface area contributed by atoms with Crippen LogP contribution in [0.2, 0.25) is 5.02 Å². The summed E-state index contributed by atoms with van der Waals surface area (Å²) in [6.45, 7) is 18.3. The van der Waals surface area contributed by atoms with E-state index in [1.807, 2.05) is 24.3 Å². The van der Waals surface area contributed by atoms with E-state index in [2.05, 4.69) is 65.9 Å². The van der Waals surface area contributed by atoms with Gasteiger partial charge in [0.1, 0.15) is 0 Å². The molecule has 1 aliphatic heterocycles. The molecule has 0 aliphatic carbocycles. The van der Waals surface area contributed by atoms with Crippen LogP contribution in [-0.4, -0.2) is 58.5 Å². The first-order chi connectivity index (χ1) is 13.9. The summed E-state index contributed by atoms with van der Waals surface area (Å²) in [6, 6.07) is 7.31. The summed E-state index contributed by atoms with van der Waals surface area (Å²) < 4.78 is 13.6. The fraction of sp³-hybridized carbons (Fsp3) is 0.632. The van der Waals surface area contributed by atoms with Crippen LogP contribution in [0.1, 0.15) is 41.5 Å². The predicted octanol–water partition coefficient (Wildman–Crippen LogP) is 6.34. The van der Waals surface area contributed by atoms with Gasteiger partial charge in [-0.3, -0.25) is 0 Å². The van der Waals surface area contributed by atoms with Gasteiger partial charge in [0.15, 0.2) is 0 Å². The first-order valence-corrected chi connectivity index (χ1v) is 14.2. The quantitative estimate of drug-likeness (QED) is 0.381. The Labute approximate surface area is 184 Å². The van der Waals surface area contributed by atoms with Gasteiger partial charge in [-0.15, -0.1) is 0 Å². The van der Waals surface area contributed by atoms with Crippen molar-refractivity contribution in [3.63, 3.8) is 0 Å². The summed E-state index contributed by atoms with van der Waals surface area (Å²) in [5.41, 5.74) is 0. The summed E-state index contributed by atoms with van der Waals surface area (Å²) in [4.78, 5) is 5.03. The SMILES string of the molecule is CCN(CC)P1(N(CC)CC)(N(CC)CC)N=NN=C(Oc2ccc(Cl)cc2)S1. The predicted molar refractivity (Wildman–Crippen MR) is 128 cm³/mol. The Balaban J connectivity index is 2.62. The van der Waals surface area contributed by atoms with Gasteiger partial charge in [-0.1, -0.05) is 0 Å². The molecular weight excluding hydrogens is 427 g/mol. The molecule has 164 valence electrons. The van der Waals surface area contributed by atoms with E-state index in [0.717, 1.165) is 39.3 Å². The van der Waals surface area contributed by atoms with Crippen molar-refractivity contribution in [2.75, 3.05) is 39.3 Å². The van der Waals surface area contributed by atoms with Gasteiger partial charge in [0.25, 0.3) is 0 Å². The summed E-state index contributed by atoms with van der Waals surface area (Å²) >= 11 is 7.66. The molecule has 0 radical (unpaired) electrons. The maximum atomic E-state index is 6.16. The molecule has 0 saturated heterocycles. The number of rotatable bonds is 10. The molecule has 2 rings (SSSR count). The Morgan fingerprint density at radius 2 is 1.28 bits per heavy atom. The van der Waals surface area contributed by atoms with E-state index in [-0.39, 0.29) is 0 Å². The average molecular weight is 461 g/mol. The minimum absolute atomic E-state index is 0.519. The zero-order valence-corrected chi connectivity index (χ0v) is 20.8. The Bertz CT molecular complexity index is 686. The van der Waals surface area contributed by atoms with Crippen LogP contribution < -0.4 is 4.74 Å². The summed E-state index contributed by atoms with van der Waals surface area (Å²) in [6.07, 6.45) is -3.27. The molecule has 0 unspecified atom stereocenters. The Kier molecular flexibility index (Phi) is 8.88. The molecule has 1 aromatic rings. The first kappa shape index (κ1) is 24.5. The van der Waals surface area contributed by atoms with Gasteiger partial charge in [0.05, 0.1) is 0 Å². The van der Waals surface area contributed by atoms with Crippen molar-refractivity contribution < 1.29 is 4.74 Å². The minimum atomic E-state index is -3.27. The van der Waals surface area contributed by atoms with Crippen LogP contribution in [0.25, 0.3) is 0 Å². The molecule has 0 fully saturated rings. The van der Waals surface area contributed by atoms with E-state index in [1.165, 1.54) is 0 Å². The molecule has 0 N–H and O–H groups in total. The molecule has 0 atom stereocenters. The molecule has 1 heterocycles. The molecule has 0 bridgehead atoms. The average Bonchev–Trinajstić information content (AvgIpc) is 2.72. The summed E-state index contributed by atoms with van der Waals surface area (Å²) in [5, 5.41) is 9.79. The molecule has 0 amide bonds. The molecule has 0 spiro atoms. The van der Waals surface area contributed by atoms with Gasteiger partial charge in [-0.05, 0) is 0 Å². The number of nitrogens with zero attached hydrogens (tertiary/aromatic N) is 6. The Morgan fingerprint density at radius 3 is 1.69 bits per heavy atom. The van der Waals surface area contributed by atoms with Gasteiger partial charge in [0, 0.05) is 0 Å². The van der Waals surface area contributed by atoms with Gasteiger partial charge in [-0.2, -0.15) is 0 Å². The van der Waals surface area contributed by atoms with Crippen molar-refractivity contribution in [2.45, 2.75) is 41.5 Å². The fourth-order valence-corrected chi connectivity index (χ4v) is 13.9. The van der Waals surface area contributed by atoms with Crippen LogP contribution in [0, 0.1) is 0 Å². The molecule has 7 nitrogen and oxygen atoms in total. The van der Waals surface area contributed by atoms with Gasteiger partial charge in [0.2, 0.25) is 0 Å². The second-order valence-electron chi connectivity index (χ2n) is 6.47.